The normalized spacial score (nSPS) is 19.2. The fourth-order valence-corrected chi connectivity index (χ4v) is 4.58. The van der Waals surface area contributed by atoms with Crippen molar-refractivity contribution in [2.24, 2.45) is 10.7 Å². The number of nitrogens with two attached hydrogens (primary N) is 1. The van der Waals surface area contributed by atoms with E-state index in [4.69, 9.17) is 5.73 Å². The third-order valence-corrected chi connectivity index (χ3v) is 7.23. The Balaban J connectivity index is 1.91. The van der Waals surface area contributed by atoms with E-state index in [2.05, 4.69) is 22.1 Å². The summed E-state index contributed by atoms with van der Waals surface area (Å²) in [6, 6.07) is 7.25. The van der Waals surface area contributed by atoms with E-state index in [0.717, 1.165) is 25.2 Å². The fourth-order valence-electron chi connectivity index (χ4n) is 3.21. The summed E-state index contributed by atoms with van der Waals surface area (Å²) in [5.74, 6) is 0.425. The average molecular weight is 396 g/mol. The van der Waals surface area contributed by atoms with Crippen LogP contribution >= 0.6 is 0 Å². The van der Waals surface area contributed by atoms with E-state index in [1.165, 1.54) is 17.1 Å². The SMILES string of the molecule is CCN1CCCC1CNC(N)=NCc1ccc(S(=O)(=O)N(C)C(C)C)cc1. The zero-order valence-electron chi connectivity index (χ0n) is 16.9. The fraction of sp³-hybridized carbons (Fsp3) is 0.632. The number of guanidine groups is 1. The summed E-state index contributed by atoms with van der Waals surface area (Å²) in [7, 11) is -1.86. The minimum Gasteiger partial charge on any atom is -0.370 e. The molecule has 0 spiro atoms. The van der Waals surface area contributed by atoms with Gasteiger partial charge in [-0.15, -0.1) is 0 Å². The molecule has 1 aromatic rings. The van der Waals surface area contributed by atoms with Crippen molar-refractivity contribution < 1.29 is 8.42 Å². The van der Waals surface area contributed by atoms with E-state index in [1.54, 1.807) is 31.3 Å². The number of aliphatic imine (C=N–C) groups is 1. The van der Waals surface area contributed by atoms with Crippen LogP contribution in [-0.2, 0) is 16.6 Å². The molecular formula is C19H33N5O2S. The second kappa shape index (κ2) is 9.52. The number of hydrogen-bond acceptors (Lipinski definition) is 4. The van der Waals surface area contributed by atoms with Gasteiger partial charge in [-0.25, -0.2) is 13.4 Å². The maximum absolute atomic E-state index is 12.5. The standard InChI is InChI=1S/C19H33N5O2S/c1-5-24-12-6-7-17(24)14-22-19(20)21-13-16-8-10-18(11-9-16)27(25,26)23(4)15(2)3/h8-11,15,17H,5-7,12-14H2,1-4H3,(H3,20,21,22). The molecule has 1 aliphatic rings. The van der Waals surface area contributed by atoms with Crippen molar-refractivity contribution in [1.29, 1.82) is 0 Å². The van der Waals surface area contributed by atoms with Crippen LogP contribution in [0.1, 0.15) is 39.2 Å². The zero-order chi connectivity index (χ0) is 20.0. The molecule has 0 bridgehead atoms. The molecule has 3 N–H and O–H groups in total. The summed E-state index contributed by atoms with van der Waals surface area (Å²) in [6.45, 7) is 9.32. The second-order valence-corrected chi connectivity index (χ2v) is 9.26. The molecule has 1 aliphatic heterocycles. The molecule has 27 heavy (non-hydrogen) atoms. The molecule has 0 radical (unpaired) electrons. The first-order valence-corrected chi connectivity index (χ1v) is 11.0. The molecule has 0 aromatic heterocycles. The highest BCUT2D eigenvalue weighted by Gasteiger charge is 2.23. The molecule has 1 saturated heterocycles. The monoisotopic (exact) mass is 395 g/mol. The molecule has 152 valence electrons. The van der Waals surface area contributed by atoms with E-state index in [0.29, 0.717) is 23.4 Å². The number of hydrogen-bond donors (Lipinski definition) is 2. The number of benzene rings is 1. The average Bonchev–Trinajstić information content (AvgIpc) is 3.11. The Bertz CT molecular complexity index is 731. The molecule has 7 nitrogen and oxygen atoms in total. The van der Waals surface area contributed by atoms with Crippen molar-refractivity contribution in [3.8, 4) is 0 Å². The van der Waals surface area contributed by atoms with Gasteiger partial charge in [0.15, 0.2) is 5.96 Å². The van der Waals surface area contributed by atoms with Gasteiger partial charge in [-0.1, -0.05) is 19.1 Å². The van der Waals surface area contributed by atoms with Crippen molar-refractivity contribution in [3.05, 3.63) is 29.8 Å². The first-order valence-electron chi connectivity index (χ1n) is 9.60. The molecule has 1 unspecified atom stereocenters. The lowest BCUT2D eigenvalue weighted by atomic mass is 10.2. The molecule has 0 saturated carbocycles. The van der Waals surface area contributed by atoms with Crippen LogP contribution in [0.2, 0.25) is 0 Å². The van der Waals surface area contributed by atoms with Gasteiger partial charge in [0.05, 0.1) is 11.4 Å². The van der Waals surface area contributed by atoms with Gasteiger partial charge in [-0.2, -0.15) is 4.31 Å². The highest BCUT2D eigenvalue weighted by Crippen LogP contribution is 2.18. The molecule has 1 atom stereocenters. The van der Waals surface area contributed by atoms with E-state index in [9.17, 15) is 8.42 Å². The maximum atomic E-state index is 12.5. The van der Waals surface area contributed by atoms with Crippen molar-refractivity contribution in [2.45, 2.75) is 57.1 Å². The summed E-state index contributed by atoms with van der Waals surface area (Å²) in [5, 5.41) is 3.21. The van der Waals surface area contributed by atoms with Crippen LogP contribution in [0.25, 0.3) is 0 Å². The summed E-state index contributed by atoms with van der Waals surface area (Å²) in [4.78, 5) is 7.11. The van der Waals surface area contributed by atoms with Gasteiger partial charge in [0.2, 0.25) is 10.0 Å². The van der Waals surface area contributed by atoms with Crippen molar-refractivity contribution in [1.82, 2.24) is 14.5 Å². The van der Waals surface area contributed by atoms with Gasteiger partial charge >= 0.3 is 0 Å². The lowest BCUT2D eigenvalue weighted by Crippen LogP contribution is -2.42. The summed E-state index contributed by atoms with van der Waals surface area (Å²) < 4.78 is 26.3. The lowest BCUT2D eigenvalue weighted by molar-refractivity contribution is 0.267. The van der Waals surface area contributed by atoms with E-state index in [1.807, 2.05) is 13.8 Å². The van der Waals surface area contributed by atoms with Crippen LogP contribution in [0.15, 0.2) is 34.2 Å². The molecule has 0 aliphatic carbocycles. The van der Waals surface area contributed by atoms with Gasteiger partial charge in [0, 0.05) is 25.7 Å². The molecule has 1 heterocycles. The number of sulfonamides is 1. The van der Waals surface area contributed by atoms with Crippen LogP contribution in [0.4, 0.5) is 0 Å². The van der Waals surface area contributed by atoms with Crippen molar-refractivity contribution in [3.63, 3.8) is 0 Å². The molecular weight excluding hydrogens is 362 g/mol. The summed E-state index contributed by atoms with van der Waals surface area (Å²) in [6.07, 6.45) is 2.42. The Hall–Kier alpha value is -1.64. The highest BCUT2D eigenvalue weighted by atomic mass is 32.2. The third-order valence-electron chi connectivity index (χ3n) is 5.18. The third kappa shape index (κ3) is 5.67. The predicted molar refractivity (Wildman–Crippen MR) is 110 cm³/mol. The number of likely N-dealkylation sites (N-methyl/N-ethyl adjacent to an activating group) is 1. The number of nitrogens with zero attached hydrogens (tertiary/aromatic N) is 3. The molecule has 1 fully saturated rings. The first kappa shape index (κ1) is 21.7. The first-order chi connectivity index (χ1) is 12.8. The Morgan fingerprint density at radius 1 is 1.37 bits per heavy atom. The second-order valence-electron chi connectivity index (χ2n) is 7.27. The molecule has 1 aromatic carbocycles. The Kier molecular flexibility index (Phi) is 7.64. The number of likely N-dealkylation sites (tertiary alicyclic amines) is 1. The van der Waals surface area contributed by atoms with E-state index >= 15 is 0 Å². The van der Waals surface area contributed by atoms with Gasteiger partial charge in [0.1, 0.15) is 0 Å². The molecule has 0 amide bonds. The van der Waals surface area contributed by atoms with Gasteiger partial charge < -0.3 is 11.1 Å². The number of rotatable bonds is 8. The Morgan fingerprint density at radius 2 is 2.04 bits per heavy atom. The minimum absolute atomic E-state index is 0.0892. The van der Waals surface area contributed by atoms with Crippen LogP contribution in [0.3, 0.4) is 0 Å². The lowest BCUT2D eigenvalue weighted by Gasteiger charge is -2.23. The molecule has 2 rings (SSSR count). The smallest absolute Gasteiger partial charge is 0.243 e. The maximum Gasteiger partial charge on any atom is 0.243 e. The van der Waals surface area contributed by atoms with Crippen molar-refractivity contribution >= 4 is 16.0 Å². The van der Waals surface area contributed by atoms with Crippen LogP contribution in [0, 0.1) is 0 Å². The Labute approximate surface area is 163 Å². The van der Waals surface area contributed by atoms with Gasteiger partial charge in [-0.05, 0) is 57.5 Å². The van der Waals surface area contributed by atoms with Gasteiger partial charge in [-0.3, -0.25) is 4.90 Å². The van der Waals surface area contributed by atoms with E-state index in [-0.39, 0.29) is 6.04 Å². The topological polar surface area (TPSA) is 91.0 Å². The Morgan fingerprint density at radius 3 is 2.63 bits per heavy atom. The summed E-state index contributed by atoms with van der Waals surface area (Å²) in [5.41, 5.74) is 6.90. The van der Waals surface area contributed by atoms with Crippen molar-refractivity contribution in [2.75, 3.05) is 26.7 Å². The minimum atomic E-state index is -3.46. The van der Waals surface area contributed by atoms with Gasteiger partial charge in [0.25, 0.3) is 0 Å². The zero-order valence-corrected chi connectivity index (χ0v) is 17.7. The van der Waals surface area contributed by atoms with Crippen LogP contribution < -0.4 is 11.1 Å². The largest absolute Gasteiger partial charge is 0.370 e. The summed E-state index contributed by atoms with van der Waals surface area (Å²) >= 11 is 0. The van der Waals surface area contributed by atoms with Crippen LogP contribution in [-0.4, -0.2) is 62.3 Å². The molecule has 8 heteroatoms. The number of nitrogens with one attached hydrogen (secondary N) is 1. The quantitative estimate of drug-likeness (QED) is 0.515. The predicted octanol–water partition coefficient (Wildman–Crippen LogP) is 1.60. The van der Waals surface area contributed by atoms with E-state index < -0.39 is 10.0 Å². The van der Waals surface area contributed by atoms with Crippen LogP contribution in [0.5, 0.6) is 0 Å². The highest BCUT2D eigenvalue weighted by molar-refractivity contribution is 7.89.